The molecular weight excluding hydrogens is 447 g/mol. The molecule has 7 nitrogen and oxygen atoms in total. The minimum atomic E-state index is 0. The zero-order valence-electron chi connectivity index (χ0n) is 15.0. The average Bonchev–Trinajstić information content (AvgIpc) is 3.10. The van der Waals surface area contributed by atoms with Gasteiger partial charge in [0.15, 0.2) is 5.96 Å². The van der Waals surface area contributed by atoms with E-state index in [1.807, 2.05) is 12.1 Å². The summed E-state index contributed by atoms with van der Waals surface area (Å²) in [6, 6.07) is 3.86. The molecule has 1 atom stereocenters. The van der Waals surface area contributed by atoms with Crippen LogP contribution in [-0.2, 0) is 16.0 Å². The number of nitrogens with zero attached hydrogens (tertiary/aromatic N) is 1. The molecule has 1 saturated heterocycles. The predicted molar refractivity (Wildman–Crippen MR) is 111 cm³/mol. The Kier molecular flexibility index (Phi) is 9.24. The summed E-state index contributed by atoms with van der Waals surface area (Å²) in [5, 5.41) is 9.58. The van der Waals surface area contributed by atoms with Crippen molar-refractivity contribution in [3.63, 3.8) is 0 Å². The molecular formula is C18H29IN4O3. The Balaban J connectivity index is 0.00000243. The van der Waals surface area contributed by atoms with Crippen molar-refractivity contribution >= 4 is 35.8 Å². The molecule has 3 rings (SSSR count). The number of hydrogen-bond acceptors (Lipinski definition) is 4. The predicted octanol–water partition coefficient (Wildman–Crippen LogP) is 1.54. The van der Waals surface area contributed by atoms with E-state index in [4.69, 9.17) is 9.15 Å². The van der Waals surface area contributed by atoms with Gasteiger partial charge in [-0.25, -0.2) is 0 Å². The van der Waals surface area contributed by atoms with E-state index in [1.165, 1.54) is 0 Å². The summed E-state index contributed by atoms with van der Waals surface area (Å²) in [6.07, 6.45) is 5.62. The van der Waals surface area contributed by atoms with Crippen molar-refractivity contribution in [2.24, 2.45) is 16.8 Å². The van der Waals surface area contributed by atoms with Crippen LogP contribution in [0.5, 0.6) is 0 Å². The normalized spacial score (nSPS) is 19.7. The first-order chi connectivity index (χ1) is 12.3. The molecule has 0 aromatic carbocycles. The van der Waals surface area contributed by atoms with Crippen molar-refractivity contribution < 1.29 is 13.9 Å². The van der Waals surface area contributed by atoms with E-state index in [9.17, 15) is 4.79 Å². The van der Waals surface area contributed by atoms with Crippen molar-refractivity contribution in [1.82, 2.24) is 16.0 Å². The van der Waals surface area contributed by atoms with Gasteiger partial charge in [-0.15, -0.1) is 24.0 Å². The van der Waals surface area contributed by atoms with Crippen molar-refractivity contribution in [1.29, 1.82) is 0 Å². The van der Waals surface area contributed by atoms with Crippen molar-refractivity contribution in [2.45, 2.75) is 25.7 Å². The third-order valence-electron chi connectivity index (χ3n) is 4.44. The number of aliphatic imine (C=N–C) groups is 1. The fourth-order valence-corrected chi connectivity index (χ4v) is 2.74. The van der Waals surface area contributed by atoms with Gasteiger partial charge in [0, 0.05) is 51.0 Å². The second kappa shape index (κ2) is 11.4. The highest BCUT2D eigenvalue weighted by atomic mass is 127. The monoisotopic (exact) mass is 476 g/mol. The highest BCUT2D eigenvalue weighted by molar-refractivity contribution is 14.0. The number of carbonyl (C=O) groups excluding carboxylic acids is 1. The third-order valence-corrected chi connectivity index (χ3v) is 4.44. The number of nitrogens with one attached hydrogen (secondary N) is 3. The lowest BCUT2D eigenvalue weighted by atomic mass is 10.1. The maximum atomic E-state index is 11.6. The van der Waals surface area contributed by atoms with Crippen LogP contribution in [0.2, 0.25) is 0 Å². The summed E-state index contributed by atoms with van der Waals surface area (Å²) < 4.78 is 10.7. The second-order valence-electron chi connectivity index (χ2n) is 6.67. The van der Waals surface area contributed by atoms with E-state index < -0.39 is 0 Å². The molecule has 1 amide bonds. The summed E-state index contributed by atoms with van der Waals surface area (Å²) in [5.41, 5.74) is 0. The van der Waals surface area contributed by atoms with Crippen LogP contribution in [0.1, 0.15) is 25.0 Å². The largest absolute Gasteiger partial charge is 0.469 e. The maximum absolute atomic E-state index is 11.6. The fourth-order valence-electron chi connectivity index (χ4n) is 2.74. The molecule has 1 unspecified atom stereocenters. The molecule has 26 heavy (non-hydrogen) atoms. The van der Waals surface area contributed by atoms with Gasteiger partial charge in [-0.1, -0.05) is 0 Å². The van der Waals surface area contributed by atoms with Crippen molar-refractivity contribution in [2.75, 3.05) is 39.4 Å². The van der Waals surface area contributed by atoms with Crippen LogP contribution < -0.4 is 16.0 Å². The van der Waals surface area contributed by atoms with Gasteiger partial charge in [0.2, 0.25) is 5.91 Å². The van der Waals surface area contributed by atoms with Crippen LogP contribution >= 0.6 is 24.0 Å². The highest BCUT2D eigenvalue weighted by Crippen LogP contribution is 2.28. The van der Waals surface area contributed by atoms with Gasteiger partial charge in [-0.05, 0) is 31.4 Å². The van der Waals surface area contributed by atoms with E-state index in [2.05, 4.69) is 20.9 Å². The van der Waals surface area contributed by atoms with E-state index in [1.54, 1.807) is 6.26 Å². The SMILES string of the molecule is I.O=C(NCCNC(=NCC1CCOC1)NCCc1ccco1)C1CC1. The number of furan rings is 1. The van der Waals surface area contributed by atoms with Crippen LogP contribution in [0, 0.1) is 11.8 Å². The minimum Gasteiger partial charge on any atom is -0.469 e. The van der Waals surface area contributed by atoms with Gasteiger partial charge < -0.3 is 25.1 Å². The lowest BCUT2D eigenvalue weighted by Gasteiger charge is -2.14. The number of rotatable bonds is 9. The number of ether oxygens (including phenoxy) is 1. The summed E-state index contributed by atoms with van der Waals surface area (Å²) >= 11 is 0. The Hall–Kier alpha value is -1.29. The fraction of sp³-hybridized carbons (Fsp3) is 0.667. The van der Waals surface area contributed by atoms with Crippen molar-refractivity contribution in [3.05, 3.63) is 24.2 Å². The summed E-state index contributed by atoms with van der Waals surface area (Å²) in [6.45, 7) is 4.40. The molecule has 2 aliphatic rings. The summed E-state index contributed by atoms with van der Waals surface area (Å²) in [4.78, 5) is 16.3. The number of amides is 1. The first-order valence-electron chi connectivity index (χ1n) is 9.21. The average molecular weight is 476 g/mol. The Labute approximate surface area is 171 Å². The Bertz CT molecular complexity index is 555. The molecule has 0 radical (unpaired) electrons. The zero-order valence-corrected chi connectivity index (χ0v) is 17.4. The molecule has 0 spiro atoms. The smallest absolute Gasteiger partial charge is 0.223 e. The molecule has 1 aliphatic carbocycles. The molecule has 3 N–H and O–H groups in total. The quantitative estimate of drug-likeness (QED) is 0.218. The lowest BCUT2D eigenvalue weighted by Crippen LogP contribution is -2.42. The molecule has 0 bridgehead atoms. The van der Waals surface area contributed by atoms with Crippen LogP contribution in [0.4, 0.5) is 0 Å². The number of guanidine groups is 1. The standard InChI is InChI=1S/C18H28N4O3.HI/c23-17(15-3-4-15)19-8-9-21-18(22-12-14-6-11-24-13-14)20-7-5-16-2-1-10-25-16;/h1-2,10,14-15H,3-9,11-13H2,(H,19,23)(H2,20,21,22);1H. The molecule has 1 aromatic heterocycles. The molecule has 8 heteroatoms. The van der Waals surface area contributed by atoms with Crippen LogP contribution in [0.3, 0.4) is 0 Å². The molecule has 1 saturated carbocycles. The maximum Gasteiger partial charge on any atom is 0.223 e. The van der Waals surface area contributed by atoms with Crippen LogP contribution in [-0.4, -0.2) is 51.3 Å². The first-order valence-corrected chi connectivity index (χ1v) is 9.21. The molecule has 146 valence electrons. The van der Waals surface area contributed by atoms with Gasteiger partial charge in [-0.3, -0.25) is 9.79 Å². The van der Waals surface area contributed by atoms with E-state index >= 15 is 0 Å². The molecule has 2 heterocycles. The Morgan fingerprint density at radius 3 is 2.65 bits per heavy atom. The van der Waals surface area contributed by atoms with E-state index in [-0.39, 0.29) is 35.8 Å². The topological polar surface area (TPSA) is 87.9 Å². The second-order valence-corrected chi connectivity index (χ2v) is 6.67. The molecule has 2 fully saturated rings. The van der Waals surface area contributed by atoms with Gasteiger partial charge in [0.05, 0.1) is 12.9 Å². The van der Waals surface area contributed by atoms with Crippen molar-refractivity contribution in [3.8, 4) is 0 Å². The lowest BCUT2D eigenvalue weighted by molar-refractivity contribution is -0.122. The Morgan fingerprint density at radius 1 is 1.15 bits per heavy atom. The molecule has 1 aromatic rings. The summed E-state index contributed by atoms with van der Waals surface area (Å²) in [7, 11) is 0. The van der Waals surface area contributed by atoms with E-state index in [0.717, 1.165) is 63.7 Å². The van der Waals surface area contributed by atoms with E-state index in [0.29, 0.717) is 19.0 Å². The molecule has 1 aliphatic heterocycles. The Morgan fingerprint density at radius 2 is 1.96 bits per heavy atom. The number of halogens is 1. The van der Waals surface area contributed by atoms with Gasteiger partial charge in [0.1, 0.15) is 5.76 Å². The summed E-state index contributed by atoms with van der Waals surface area (Å²) in [5.74, 6) is 2.65. The first kappa shape index (κ1) is 21.0. The third kappa shape index (κ3) is 7.53. The number of hydrogen-bond donors (Lipinski definition) is 3. The van der Waals surface area contributed by atoms with Gasteiger partial charge in [-0.2, -0.15) is 0 Å². The highest BCUT2D eigenvalue weighted by Gasteiger charge is 2.28. The van der Waals surface area contributed by atoms with Crippen LogP contribution in [0.15, 0.2) is 27.8 Å². The minimum absolute atomic E-state index is 0. The van der Waals surface area contributed by atoms with Crippen LogP contribution in [0.25, 0.3) is 0 Å². The van der Waals surface area contributed by atoms with Gasteiger partial charge >= 0.3 is 0 Å². The zero-order chi connectivity index (χ0) is 17.3. The number of carbonyl (C=O) groups is 1. The van der Waals surface area contributed by atoms with Gasteiger partial charge in [0.25, 0.3) is 0 Å².